The molecule has 8 nitrogen and oxygen atoms in total. The van der Waals surface area contributed by atoms with Gasteiger partial charge in [0.25, 0.3) is 0 Å². The van der Waals surface area contributed by atoms with Crippen LogP contribution >= 0.6 is 0 Å². The third-order valence-corrected chi connectivity index (χ3v) is 7.67. The van der Waals surface area contributed by atoms with E-state index in [-0.39, 0.29) is 23.7 Å². The quantitative estimate of drug-likeness (QED) is 0.716. The van der Waals surface area contributed by atoms with Crippen molar-refractivity contribution in [1.29, 1.82) is 0 Å². The lowest BCUT2D eigenvalue weighted by molar-refractivity contribution is -0.144. The van der Waals surface area contributed by atoms with Crippen LogP contribution in [0.4, 0.5) is 19.7 Å². The van der Waals surface area contributed by atoms with Crippen molar-refractivity contribution in [3.05, 3.63) is 30.1 Å². The van der Waals surface area contributed by atoms with Gasteiger partial charge in [0.2, 0.25) is 5.91 Å². The number of urea groups is 2. The number of nitrogens with one attached hydrogen (secondary N) is 2. The number of hydrogen-bond acceptors (Lipinski definition) is 3. The first-order valence-electron chi connectivity index (χ1n) is 12.1. The molecular weight excluding hydrogens is 425 g/mol. The summed E-state index contributed by atoms with van der Waals surface area (Å²) in [6.45, 7) is 3.40. The van der Waals surface area contributed by atoms with Crippen LogP contribution in [-0.4, -0.2) is 77.5 Å². The summed E-state index contributed by atoms with van der Waals surface area (Å²) in [6.07, 6.45) is 5.13. The predicted octanol–water partition coefficient (Wildman–Crippen LogP) is 2.86. The molecule has 0 saturated carbocycles. The molecule has 178 valence electrons. The van der Waals surface area contributed by atoms with Gasteiger partial charge in [-0.3, -0.25) is 4.79 Å². The van der Waals surface area contributed by atoms with Gasteiger partial charge in [0.1, 0.15) is 5.82 Å². The summed E-state index contributed by atoms with van der Waals surface area (Å²) < 4.78 is 13.7. The number of nitrogens with zero attached hydrogens (tertiary/aromatic N) is 3. The summed E-state index contributed by atoms with van der Waals surface area (Å²) in [5.41, 5.74) is 0.150. The Bertz CT molecular complexity index is 919. The number of hydrogen-bond donors (Lipinski definition) is 2. The van der Waals surface area contributed by atoms with E-state index in [2.05, 4.69) is 15.5 Å². The predicted molar refractivity (Wildman–Crippen MR) is 121 cm³/mol. The molecule has 4 fully saturated rings. The number of anilines is 1. The first kappa shape index (κ1) is 22.0. The first-order chi connectivity index (χ1) is 16.0. The number of rotatable bonds is 2. The average Bonchev–Trinajstić information content (AvgIpc) is 2.81. The highest BCUT2D eigenvalue weighted by atomic mass is 19.1. The van der Waals surface area contributed by atoms with Crippen molar-refractivity contribution < 1.29 is 18.8 Å². The maximum Gasteiger partial charge on any atom is 0.320 e. The Balaban J connectivity index is 1.11. The fourth-order valence-electron chi connectivity index (χ4n) is 6.09. The van der Waals surface area contributed by atoms with E-state index < -0.39 is 11.8 Å². The minimum atomic E-state index is -0.472. The number of benzene rings is 1. The van der Waals surface area contributed by atoms with Crippen molar-refractivity contribution in [2.45, 2.75) is 50.6 Å². The van der Waals surface area contributed by atoms with Crippen LogP contribution < -0.4 is 10.6 Å². The standard InChI is InChI=1S/C24H32FN5O3/c25-19-4-1-2-5-20(19)27-23(32)26-18-8-10-28(11-9-18)24(33)29-13-16-12-17(15-29)21-6-3-7-22(31)30(21)14-16/h1-2,4-5,16-18,21H,3,6-15H2,(H2,26,27,32)/t16?,17?,21-/m1/s1. The number of halogens is 1. The second-order valence-corrected chi connectivity index (χ2v) is 9.89. The summed E-state index contributed by atoms with van der Waals surface area (Å²) in [6, 6.07) is 5.95. The number of para-hydroxylation sites is 1. The molecule has 2 bridgehead atoms. The fourth-order valence-corrected chi connectivity index (χ4v) is 6.09. The molecule has 0 aromatic heterocycles. The molecule has 33 heavy (non-hydrogen) atoms. The number of fused-ring (bicyclic) bond motifs is 4. The molecule has 1 aromatic rings. The van der Waals surface area contributed by atoms with E-state index in [1.165, 1.54) is 12.1 Å². The van der Waals surface area contributed by atoms with E-state index in [1.807, 2.05) is 9.80 Å². The summed E-state index contributed by atoms with van der Waals surface area (Å²) in [5, 5.41) is 5.45. The van der Waals surface area contributed by atoms with Crippen molar-refractivity contribution in [1.82, 2.24) is 20.0 Å². The number of likely N-dealkylation sites (tertiary alicyclic amines) is 2. The largest absolute Gasteiger partial charge is 0.339 e. The van der Waals surface area contributed by atoms with E-state index in [1.54, 1.807) is 12.1 Å². The van der Waals surface area contributed by atoms with Crippen LogP contribution in [0.5, 0.6) is 0 Å². The monoisotopic (exact) mass is 457 g/mol. The van der Waals surface area contributed by atoms with Crippen molar-refractivity contribution >= 4 is 23.7 Å². The molecule has 3 atom stereocenters. The Hall–Kier alpha value is -2.84. The van der Waals surface area contributed by atoms with Crippen LogP contribution in [0.3, 0.4) is 0 Å². The SMILES string of the molecule is O=C(Nc1ccccc1F)NC1CCN(C(=O)N2CC3CC(C2)[C@H]2CCCC(=O)N2C3)CC1. The van der Waals surface area contributed by atoms with Crippen molar-refractivity contribution in [3.8, 4) is 0 Å². The summed E-state index contributed by atoms with van der Waals surface area (Å²) in [5.74, 6) is 0.564. The van der Waals surface area contributed by atoms with Gasteiger partial charge in [-0.2, -0.15) is 0 Å². The van der Waals surface area contributed by atoms with Gasteiger partial charge in [0.05, 0.1) is 5.69 Å². The van der Waals surface area contributed by atoms with Gasteiger partial charge < -0.3 is 25.3 Å². The third kappa shape index (κ3) is 4.63. The van der Waals surface area contributed by atoms with Crippen LogP contribution in [0.2, 0.25) is 0 Å². The van der Waals surface area contributed by atoms with Crippen molar-refractivity contribution in [2.24, 2.45) is 11.8 Å². The summed E-state index contributed by atoms with van der Waals surface area (Å²) in [7, 11) is 0. The average molecular weight is 458 g/mol. The number of carbonyl (C=O) groups excluding carboxylic acids is 3. The number of piperidine rings is 4. The van der Waals surface area contributed by atoms with Crippen LogP contribution in [0.25, 0.3) is 0 Å². The highest BCUT2D eigenvalue weighted by Gasteiger charge is 2.45. The zero-order valence-corrected chi connectivity index (χ0v) is 18.8. The Morgan fingerprint density at radius 3 is 2.58 bits per heavy atom. The van der Waals surface area contributed by atoms with Crippen LogP contribution in [0, 0.1) is 17.7 Å². The van der Waals surface area contributed by atoms with Gasteiger partial charge in [0.15, 0.2) is 0 Å². The van der Waals surface area contributed by atoms with Gasteiger partial charge in [0, 0.05) is 51.2 Å². The molecule has 0 aliphatic carbocycles. The lowest BCUT2D eigenvalue weighted by Gasteiger charge is -2.53. The smallest absolute Gasteiger partial charge is 0.320 e. The molecule has 5 amide bonds. The van der Waals surface area contributed by atoms with Gasteiger partial charge in [-0.05, 0) is 56.1 Å². The van der Waals surface area contributed by atoms with Crippen molar-refractivity contribution in [2.75, 3.05) is 38.0 Å². The molecule has 1 aromatic carbocycles. The maximum atomic E-state index is 13.7. The van der Waals surface area contributed by atoms with Crippen molar-refractivity contribution in [3.63, 3.8) is 0 Å². The van der Waals surface area contributed by atoms with Crippen LogP contribution in [0.1, 0.15) is 38.5 Å². The molecule has 5 rings (SSSR count). The zero-order valence-electron chi connectivity index (χ0n) is 18.8. The van der Waals surface area contributed by atoms with E-state index in [0.717, 1.165) is 38.9 Å². The number of carbonyl (C=O) groups is 3. The minimum absolute atomic E-state index is 0.0524. The van der Waals surface area contributed by atoms with Gasteiger partial charge >= 0.3 is 12.1 Å². The topological polar surface area (TPSA) is 85.0 Å². The molecule has 4 aliphatic rings. The van der Waals surface area contributed by atoms with E-state index in [9.17, 15) is 18.8 Å². The Labute approximate surface area is 193 Å². The lowest BCUT2D eigenvalue weighted by Crippen LogP contribution is -2.62. The molecule has 0 radical (unpaired) electrons. The zero-order chi connectivity index (χ0) is 22.9. The molecular formula is C24H32FN5O3. The highest BCUT2D eigenvalue weighted by molar-refractivity contribution is 5.89. The van der Waals surface area contributed by atoms with E-state index >= 15 is 0 Å². The molecule has 4 aliphatic heterocycles. The first-order valence-corrected chi connectivity index (χ1v) is 12.1. The maximum absolute atomic E-state index is 13.7. The fraction of sp³-hybridized carbons (Fsp3) is 0.625. The van der Waals surface area contributed by atoms with E-state index in [0.29, 0.717) is 50.2 Å². The van der Waals surface area contributed by atoms with Gasteiger partial charge in [-0.15, -0.1) is 0 Å². The highest BCUT2D eigenvalue weighted by Crippen LogP contribution is 2.38. The molecule has 4 heterocycles. The molecule has 0 spiro atoms. The van der Waals surface area contributed by atoms with Crippen LogP contribution in [0.15, 0.2) is 24.3 Å². The van der Waals surface area contributed by atoms with Gasteiger partial charge in [-0.1, -0.05) is 12.1 Å². The minimum Gasteiger partial charge on any atom is -0.339 e. The third-order valence-electron chi connectivity index (χ3n) is 7.67. The Morgan fingerprint density at radius 1 is 1.00 bits per heavy atom. The molecule has 4 saturated heterocycles. The van der Waals surface area contributed by atoms with Gasteiger partial charge in [-0.25, -0.2) is 14.0 Å². The molecule has 2 unspecified atom stereocenters. The number of amides is 5. The van der Waals surface area contributed by atoms with E-state index in [4.69, 9.17) is 0 Å². The Morgan fingerprint density at radius 2 is 1.79 bits per heavy atom. The molecule has 9 heteroatoms. The molecule has 2 N–H and O–H groups in total. The van der Waals surface area contributed by atoms with Crippen LogP contribution in [-0.2, 0) is 4.79 Å². The second kappa shape index (κ2) is 9.19. The lowest BCUT2D eigenvalue weighted by atomic mass is 9.76. The summed E-state index contributed by atoms with van der Waals surface area (Å²) in [4.78, 5) is 43.8. The Kier molecular flexibility index (Phi) is 6.12. The summed E-state index contributed by atoms with van der Waals surface area (Å²) >= 11 is 0. The normalized spacial score (nSPS) is 27.7. The second-order valence-electron chi connectivity index (χ2n) is 9.89.